The maximum atomic E-state index is 5.95. The number of rotatable bonds is 3. The minimum absolute atomic E-state index is 0.463. The zero-order chi connectivity index (χ0) is 7.44. The molecule has 0 fully saturated rings. The monoisotopic (exact) mass is 111 g/mol. The van der Waals surface area contributed by atoms with Crippen LogP contribution in [0.1, 0.15) is 0 Å². The van der Waals surface area contributed by atoms with Crippen molar-refractivity contribution in [2.75, 3.05) is 0 Å². The van der Waals surface area contributed by atoms with E-state index in [-0.39, 0.29) is 0 Å². The molecule has 0 atom stereocenters. The largest absolute Gasteiger partial charge is 0.267 e. The van der Waals surface area contributed by atoms with Gasteiger partial charge in [0.05, 0.1) is 0 Å². The molecule has 0 bridgehead atoms. The molecule has 0 aromatic carbocycles. The summed E-state index contributed by atoms with van der Waals surface area (Å²) in [7, 11) is 10.9. The molecule has 9 heteroatoms. The predicted octanol–water partition coefficient (Wildman–Crippen LogP) is -6.64. The van der Waals surface area contributed by atoms with E-state index >= 15 is 0 Å². The van der Waals surface area contributed by atoms with Crippen LogP contribution >= 0.6 is 0 Å². The Morgan fingerprint density at radius 2 is 1.67 bits per heavy atom. The second-order valence-electron chi connectivity index (χ2n) is 0.770. The first-order chi connectivity index (χ1) is 4.09. The van der Waals surface area contributed by atoms with Crippen molar-refractivity contribution in [1.82, 2.24) is 0 Å². The number of hydrogen-bond donors (Lipinski definition) is 0. The van der Waals surface area contributed by atoms with Gasteiger partial charge in [-0.05, 0) is 7.74 Å². The lowest BCUT2D eigenvalue weighted by Crippen LogP contribution is -2.55. The van der Waals surface area contributed by atoms with Crippen LogP contribution < -0.4 is 0 Å². The first kappa shape index (κ1) is 9.58. The Morgan fingerprint density at radius 1 is 1.22 bits per heavy atom. The van der Waals surface area contributed by atoms with Crippen LogP contribution in [-0.4, -0.2) is 64.9 Å². The highest BCUT2D eigenvalue weighted by Crippen LogP contribution is 1.80. The molecule has 0 saturated carbocycles. The van der Waals surface area contributed by atoms with Gasteiger partial charge in [0.1, 0.15) is 0 Å². The van der Waals surface area contributed by atoms with Gasteiger partial charge in [0.15, 0.2) is 0 Å². The van der Waals surface area contributed by atoms with Crippen LogP contribution in [0.15, 0.2) is 0 Å². The van der Waals surface area contributed by atoms with Gasteiger partial charge in [-0.15, -0.1) is 28.2 Å². The lowest BCUT2D eigenvalue weighted by molar-refractivity contribution is 3.58. The van der Waals surface area contributed by atoms with Gasteiger partial charge in [0, 0.05) is 0 Å². The molecule has 43 valence electrons. The van der Waals surface area contributed by atoms with Crippen LogP contribution in [0.5, 0.6) is 0 Å². The van der Waals surface area contributed by atoms with Crippen molar-refractivity contribution in [3.8, 4) is 0 Å². The summed E-state index contributed by atoms with van der Waals surface area (Å²) >= 11 is 0. The quantitative estimate of drug-likeness (QED) is 0.316. The van der Waals surface area contributed by atoms with Gasteiger partial charge in [0.25, 0.3) is 0 Å². The normalized spacial score (nSPS) is 8.44. The zero-order valence-corrected chi connectivity index (χ0v) is 2.89. The summed E-state index contributed by atoms with van der Waals surface area (Å²) in [5.74, 6) is 0. The number of hydrogen-bond acceptors (Lipinski definition) is 0. The molecule has 0 saturated heterocycles. The Kier molecular flexibility index (Phi) is 4.69. The Balaban J connectivity index is 3.68. The van der Waals surface area contributed by atoms with Gasteiger partial charge in [-0.3, -0.25) is 6.39 Å². The predicted molar refractivity (Wildman–Crippen MR) is 68.5 cm³/mol. The van der Waals surface area contributed by atoms with Crippen molar-refractivity contribution in [2.45, 2.75) is 0 Å². The van der Waals surface area contributed by atoms with Crippen LogP contribution in [0.25, 0.3) is 0 Å². The van der Waals surface area contributed by atoms with Crippen LogP contribution in [0.3, 0.4) is 0 Å². The fourth-order valence-electron chi connectivity index (χ4n) is 0. The van der Waals surface area contributed by atoms with E-state index in [0.29, 0.717) is 30.9 Å². The smallest absolute Gasteiger partial charge is 0.0356 e. The van der Waals surface area contributed by atoms with Crippen molar-refractivity contribution < 1.29 is 0 Å². The molecule has 0 rings (SSSR count). The van der Waals surface area contributed by atoms with Crippen LogP contribution in [0.2, 0.25) is 0 Å². The summed E-state index contributed by atoms with van der Waals surface area (Å²) in [6, 6.07) is 0. The van der Waals surface area contributed by atoms with Gasteiger partial charge in [-0.2, -0.15) is 7.06 Å². The van der Waals surface area contributed by atoms with Crippen LogP contribution in [-0.2, 0) is 0 Å². The summed E-state index contributed by atoms with van der Waals surface area (Å²) in [6.45, 7) is 0. The van der Waals surface area contributed by atoms with E-state index in [1.165, 1.54) is 6.39 Å². The van der Waals surface area contributed by atoms with Crippen molar-refractivity contribution in [2.24, 2.45) is 0 Å². The average molecular weight is 109 g/mol. The van der Waals surface area contributed by atoms with Crippen molar-refractivity contribution in [3.63, 3.8) is 0 Å². The molecule has 0 aliphatic carbocycles. The van der Waals surface area contributed by atoms with E-state index < -0.39 is 0 Å². The summed E-state index contributed by atoms with van der Waals surface area (Å²) < 4.78 is 0. The second-order valence-corrected chi connectivity index (χ2v) is 0.770. The fourth-order valence-corrected chi connectivity index (χ4v) is 0. The molecule has 0 aromatic heterocycles. The van der Waals surface area contributed by atoms with E-state index in [1.54, 1.807) is 0 Å². The van der Waals surface area contributed by atoms with E-state index in [9.17, 15) is 0 Å². The Morgan fingerprint density at radius 3 is 1.67 bits per heavy atom. The molecule has 3 radical (unpaired) electrons. The summed E-state index contributed by atoms with van der Waals surface area (Å²) in [4.78, 5) is 0. The highest BCUT2D eigenvalue weighted by atomic mass is 13.0. The van der Waals surface area contributed by atoms with Crippen molar-refractivity contribution in [1.29, 1.82) is 0 Å². The van der Waals surface area contributed by atoms with Gasteiger partial charge >= 0.3 is 0 Å². The van der Waals surface area contributed by atoms with Gasteiger partial charge in [-0.25, -0.2) is 0 Å². The third-order valence-corrected chi connectivity index (χ3v) is 0.222. The average Bonchev–Trinajstić information content (AvgIpc) is 1.64. The highest BCUT2D eigenvalue weighted by Gasteiger charge is 2.03. The first-order valence-corrected chi connectivity index (χ1v) is 1.33. The molecule has 0 unspecified atom stereocenters. The summed E-state index contributed by atoms with van der Waals surface area (Å²) in [5, 5.41) is 0. The topological polar surface area (TPSA) is 0 Å². The minimum atomic E-state index is 0.463. The van der Waals surface area contributed by atoms with Crippen molar-refractivity contribution in [3.05, 3.63) is 0 Å². The molecule has 0 aromatic rings. The third kappa shape index (κ3) is 3.32. The maximum absolute atomic E-state index is 5.95. The lowest BCUT2D eigenvalue weighted by Gasteiger charge is -2.33. The van der Waals surface area contributed by atoms with E-state index in [0.717, 1.165) is 12.8 Å². The molecule has 0 spiro atoms. The molecule has 0 N–H and O–H groups in total. The Bertz CT molecular complexity index is 54.4. The molecule has 0 aliphatic heterocycles. The van der Waals surface area contributed by atoms with E-state index in [1.807, 2.05) is 0 Å². The standard InChI is InChI=1S/B9H12/c1-6-9(7(2)3)8(4)5/h1-4H3/q-4. The molecule has 0 heterocycles. The van der Waals surface area contributed by atoms with Gasteiger partial charge in [0.2, 0.25) is 0 Å². The molecular weight excluding hydrogens is 97.3 g/mol. The lowest BCUT2D eigenvalue weighted by atomic mass is 8.64. The van der Waals surface area contributed by atoms with Crippen LogP contribution in [0.4, 0.5) is 0 Å². The minimum Gasteiger partial charge on any atom is -0.267 e. The zero-order valence-electron chi connectivity index (χ0n) is 2.89. The van der Waals surface area contributed by atoms with E-state index in [2.05, 4.69) is 7.06 Å². The molecule has 9 heavy (non-hydrogen) atoms. The fraction of sp³-hybridized carbons (Fsp3) is 0. The van der Waals surface area contributed by atoms with E-state index in [4.69, 9.17) is 7.74 Å². The first-order valence-electron chi connectivity index (χ1n) is 1.33. The Hall–Kier alpha value is 0.584. The summed E-state index contributed by atoms with van der Waals surface area (Å²) in [5.41, 5.74) is 0. The summed E-state index contributed by atoms with van der Waals surface area (Å²) in [6.07, 6.45) is 3.06. The Labute approximate surface area is 65.5 Å². The molecule has 0 amide bonds. The second kappa shape index (κ2) is 4.41. The SMILES string of the molecule is [B]B([BH3-])B([B][BH3-])B([BH3-])[BH3-]. The highest BCUT2D eigenvalue weighted by molar-refractivity contribution is 7.93. The maximum Gasteiger partial charge on any atom is -0.0356 e. The van der Waals surface area contributed by atoms with Gasteiger partial charge < -0.3 is 0 Å². The third-order valence-electron chi connectivity index (χ3n) is 0.222. The van der Waals surface area contributed by atoms with Crippen molar-refractivity contribution >= 4 is 64.9 Å². The molecular formula is H12B9-4. The van der Waals surface area contributed by atoms with Crippen LogP contribution in [0, 0.1) is 0 Å². The molecule has 0 nitrogen and oxygen atoms in total. The van der Waals surface area contributed by atoms with Gasteiger partial charge in [-0.1, -0.05) is 15.5 Å². The molecule has 0 aliphatic rings.